The number of nitrogens with zero attached hydrogens (tertiary/aromatic N) is 2. The molecule has 0 bridgehead atoms. The fourth-order valence-electron chi connectivity index (χ4n) is 1.83. The van der Waals surface area contributed by atoms with Crippen LogP contribution in [0.15, 0.2) is 24.5 Å². The Morgan fingerprint density at radius 2 is 1.69 bits per heavy atom. The minimum atomic E-state index is -2.24. The Morgan fingerprint density at radius 3 is 2.19 bits per heavy atom. The van der Waals surface area contributed by atoms with Gasteiger partial charge >= 0.3 is 0 Å². The van der Waals surface area contributed by atoms with E-state index in [0.29, 0.717) is 0 Å². The number of hydrogen-bond acceptors (Lipinski definition) is 3. The van der Waals surface area contributed by atoms with Crippen LogP contribution in [0.3, 0.4) is 0 Å². The summed E-state index contributed by atoms with van der Waals surface area (Å²) in [6, 6.07) is 3.92. The van der Waals surface area contributed by atoms with Crippen LogP contribution >= 0.6 is 7.14 Å². The Labute approximate surface area is 95.3 Å². The van der Waals surface area contributed by atoms with E-state index >= 15 is 0 Å². The minimum absolute atomic E-state index is 0.818. The van der Waals surface area contributed by atoms with E-state index in [4.69, 9.17) is 0 Å². The van der Waals surface area contributed by atoms with Gasteiger partial charge in [0.15, 0.2) is 0 Å². The molecule has 0 atom stereocenters. The van der Waals surface area contributed by atoms with Crippen LogP contribution in [-0.4, -0.2) is 23.3 Å². The van der Waals surface area contributed by atoms with Gasteiger partial charge in [0.25, 0.3) is 0 Å². The van der Waals surface area contributed by atoms with Gasteiger partial charge in [-0.3, -0.25) is 9.97 Å². The van der Waals surface area contributed by atoms with Crippen LogP contribution in [0.2, 0.25) is 0 Å². The number of aryl methyl sites for hydroxylation is 1. The van der Waals surface area contributed by atoms with Crippen molar-refractivity contribution < 1.29 is 4.57 Å². The third-order valence-electron chi connectivity index (χ3n) is 2.63. The van der Waals surface area contributed by atoms with Crippen LogP contribution in [-0.2, 0) is 11.0 Å². The molecule has 0 N–H and O–H groups in total. The quantitative estimate of drug-likeness (QED) is 0.749. The largest absolute Gasteiger partial charge is 0.319 e. The molecule has 0 radical (unpaired) electrons. The first kappa shape index (κ1) is 11.3. The average Bonchev–Trinajstić information content (AvgIpc) is 2.26. The highest BCUT2D eigenvalue weighted by atomic mass is 31.2. The molecular formula is C12H15N2OP. The highest BCUT2D eigenvalue weighted by Crippen LogP contribution is 2.37. The first-order chi connectivity index (χ1) is 7.52. The van der Waals surface area contributed by atoms with Crippen molar-refractivity contribution in [2.75, 3.05) is 13.3 Å². The van der Waals surface area contributed by atoms with Crippen LogP contribution in [0.1, 0.15) is 12.5 Å². The molecule has 0 saturated carbocycles. The molecule has 1 aromatic carbocycles. The molecule has 1 aromatic heterocycles. The van der Waals surface area contributed by atoms with Crippen molar-refractivity contribution in [3.63, 3.8) is 0 Å². The van der Waals surface area contributed by atoms with Crippen LogP contribution in [0, 0.1) is 0 Å². The molecule has 0 spiro atoms. The van der Waals surface area contributed by atoms with E-state index < -0.39 is 7.14 Å². The molecule has 1 heterocycles. The molecule has 2 rings (SSSR count). The Hall–Kier alpha value is -1.21. The standard InChI is InChI=1S/C12H15N2OP/c1-4-9-7-10-11(14-6-5-13-10)8-12(9)16(2,3)15/h5-8H,4H2,1-3H3. The fraction of sp³-hybridized carbons (Fsp3) is 0.333. The van der Waals surface area contributed by atoms with Gasteiger partial charge in [-0.1, -0.05) is 6.92 Å². The number of rotatable bonds is 2. The SMILES string of the molecule is CCc1cc2nccnc2cc1P(C)(C)=O. The van der Waals surface area contributed by atoms with Gasteiger partial charge in [-0.15, -0.1) is 0 Å². The van der Waals surface area contributed by atoms with E-state index in [2.05, 4.69) is 16.9 Å². The first-order valence-electron chi connectivity index (χ1n) is 5.31. The second-order valence-corrected chi connectivity index (χ2v) is 7.41. The number of fused-ring (bicyclic) bond motifs is 1. The van der Waals surface area contributed by atoms with Crippen LogP contribution in [0.25, 0.3) is 11.0 Å². The molecule has 0 aliphatic rings. The topological polar surface area (TPSA) is 42.9 Å². The molecule has 0 fully saturated rings. The van der Waals surface area contributed by atoms with Crippen molar-refractivity contribution in [3.05, 3.63) is 30.1 Å². The highest BCUT2D eigenvalue weighted by molar-refractivity contribution is 7.70. The molecule has 0 amide bonds. The normalized spacial score (nSPS) is 11.9. The highest BCUT2D eigenvalue weighted by Gasteiger charge is 2.16. The maximum absolute atomic E-state index is 12.2. The number of aromatic nitrogens is 2. The lowest BCUT2D eigenvalue weighted by Gasteiger charge is -2.13. The lowest BCUT2D eigenvalue weighted by atomic mass is 10.1. The van der Waals surface area contributed by atoms with Gasteiger partial charge in [-0.2, -0.15) is 0 Å². The van der Waals surface area contributed by atoms with Crippen LogP contribution in [0.5, 0.6) is 0 Å². The summed E-state index contributed by atoms with van der Waals surface area (Å²) >= 11 is 0. The van der Waals surface area contributed by atoms with E-state index in [1.807, 2.05) is 12.1 Å². The van der Waals surface area contributed by atoms with Gasteiger partial charge in [0.2, 0.25) is 0 Å². The fourth-order valence-corrected chi connectivity index (χ4v) is 3.18. The van der Waals surface area contributed by atoms with Crippen molar-refractivity contribution in [2.24, 2.45) is 0 Å². The van der Waals surface area contributed by atoms with E-state index in [-0.39, 0.29) is 0 Å². The summed E-state index contributed by atoms with van der Waals surface area (Å²) in [7, 11) is -2.24. The second kappa shape index (κ2) is 3.99. The number of hydrogen-bond donors (Lipinski definition) is 0. The summed E-state index contributed by atoms with van der Waals surface area (Å²) in [4.78, 5) is 8.51. The minimum Gasteiger partial charge on any atom is -0.319 e. The van der Waals surface area contributed by atoms with Crippen molar-refractivity contribution >= 4 is 23.5 Å². The van der Waals surface area contributed by atoms with Crippen molar-refractivity contribution in [1.82, 2.24) is 9.97 Å². The predicted molar refractivity (Wildman–Crippen MR) is 68.0 cm³/mol. The predicted octanol–water partition coefficient (Wildman–Crippen LogP) is 2.44. The summed E-state index contributed by atoms with van der Waals surface area (Å²) in [5.74, 6) is 0. The van der Waals surface area contributed by atoms with E-state index in [9.17, 15) is 4.57 Å². The van der Waals surface area contributed by atoms with Gasteiger partial charge in [0.05, 0.1) is 11.0 Å². The smallest absolute Gasteiger partial charge is 0.110 e. The van der Waals surface area contributed by atoms with Gasteiger partial charge in [-0.25, -0.2) is 0 Å². The Balaban J connectivity index is 2.78. The zero-order chi connectivity index (χ0) is 11.8. The third kappa shape index (κ3) is 2.00. The maximum Gasteiger partial charge on any atom is 0.110 e. The first-order valence-corrected chi connectivity index (χ1v) is 7.91. The van der Waals surface area contributed by atoms with Crippen molar-refractivity contribution in [3.8, 4) is 0 Å². The van der Waals surface area contributed by atoms with Crippen molar-refractivity contribution in [1.29, 1.82) is 0 Å². The molecule has 84 valence electrons. The van der Waals surface area contributed by atoms with Gasteiger partial charge < -0.3 is 4.57 Å². The molecule has 0 aliphatic carbocycles. The van der Waals surface area contributed by atoms with Gasteiger partial charge in [-0.05, 0) is 37.4 Å². The lowest BCUT2D eigenvalue weighted by Crippen LogP contribution is -2.10. The Morgan fingerprint density at radius 1 is 1.12 bits per heavy atom. The molecule has 16 heavy (non-hydrogen) atoms. The molecular weight excluding hydrogens is 219 g/mol. The maximum atomic E-state index is 12.2. The van der Waals surface area contributed by atoms with E-state index in [1.54, 1.807) is 25.7 Å². The molecule has 2 aromatic rings. The van der Waals surface area contributed by atoms with Crippen molar-refractivity contribution in [2.45, 2.75) is 13.3 Å². The number of benzene rings is 1. The van der Waals surface area contributed by atoms with Gasteiger partial charge in [0.1, 0.15) is 7.14 Å². The van der Waals surface area contributed by atoms with Gasteiger partial charge in [0, 0.05) is 17.7 Å². The Bertz CT molecular complexity index is 574. The van der Waals surface area contributed by atoms with Crippen LogP contribution < -0.4 is 5.30 Å². The van der Waals surface area contributed by atoms with Crippen LogP contribution in [0.4, 0.5) is 0 Å². The third-order valence-corrected chi connectivity index (χ3v) is 4.21. The monoisotopic (exact) mass is 234 g/mol. The summed E-state index contributed by atoms with van der Waals surface area (Å²) in [6.45, 7) is 5.66. The summed E-state index contributed by atoms with van der Waals surface area (Å²) in [5, 5.41) is 0.933. The zero-order valence-corrected chi connectivity index (χ0v) is 10.7. The second-order valence-electron chi connectivity index (χ2n) is 4.23. The summed E-state index contributed by atoms with van der Waals surface area (Å²) in [6.07, 6.45) is 4.21. The zero-order valence-electron chi connectivity index (χ0n) is 9.77. The summed E-state index contributed by atoms with van der Waals surface area (Å²) in [5.41, 5.74) is 2.80. The molecule has 0 aliphatic heterocycles. The lowest BCUT2D eigenvalue weighted by molar-refractivity contribution is 0.588. The molecule has 0 unspecified atom stereocenters. The van der Waals surface area contributed by atoms with E-state index in [0.717, 1.165) is 28.3 Å². The molecule has 3 nitrogen and oxygen atoms in total. The Kier molecular flexibility index (Phi) is 2.81. The summed E-state index contributed by atoms with van der Waals surface area (Å²) < 4.78 is 12.2. The molecule has 4 heteroatoms. The average molecular weight is 234 g/mol. The molecule has 0 saturated heterocycles. The van der Waals surface area contributed by atoms with E-state index in [1.165, 1.54) is 0 Å².